The molecule has 1 amide bonds. The summed E-state index contributed by atoms with van der Waals surface area (Å²) in [6.45, 7) is 10.1. The van der Waals surface area contributed by atoms with E-state index in [-0.39, 0.29) is 11.4 Å². The van der Waals surface area contributed by atoms with Crippen molar-refractivity contribution in [3.63, 3.8) is 0 Å². The molecule has 0 heterocycles. The summed E-state index contributed by atoms with van der Waals surface area (Å²) in [6.07, 6.45) is 3.41. The van der Waals surface area contributed by atoms with Crippen molar-refractivity contribution in [2.24, 2.45) is 5.73 Å². The van der Waals surface area contributed by atoms with Gasteiger partial charge < -0.3 is 16.0 Å². The molecule has 18 heavy (non-hydrogen) atoms. The zero-order valence-electron chi connectivity index (χ0n) is 12.8. The van der Waals surface area contributed by atoms with Crippen molar-refractivity contribution in [3.8, 4) is 0 Å². The lowest BCUT2D eigenvalue weighted by Gasteiger charge is -2.20. The molecule has 0 spiro atoms. The Labute approximate surface area is 112 Å². The fourth-order valence-electron chi connectivity index (χ4n) is 1.50. The third-order valence-corrected chi connectivity index (χ3v) is 3.14. The number of rotatable bonds is 9. The highest BCUT2D eigenvalue weighted by Crippen LogP contribution is 2.06. The second-order valence-corrected chi connectivity index (χ2v) is 6.12. The molecule has 0 aliphatic rings. The van der Waals surface area contributed by atoms with E-state index in [4.69, 9.17) is 5.73 Å². The Morgan fingerprint density at radius 3 is 2.44 bits per heavy atom. The molecule has 0 saturated carbocycles. The molecule has 0 radical (unpaired) electrons. The summed E-state index contributed by atoms with van der Waals surface area (Å²) in [5, 5.41) is 2.95. The van der Waals surface area contributed by atoms with E-state index >= 15 is 0 Å². The molecular formula is C14H31N3O. The number of hydrogen-bond donors (Lipinski definition) is 2. The Balaban J connectivity index is 3.47. The summed E-state index contributed by atoms with van der Waals surface area (Å²) in [4.78, 5) is 13.8. The molecule has 0 rings (SSSR count). The number of unbranched alkanes of at least 4 members (excludes halogenated alkanes) is 1. The van der Waals surface area contributed by atoms with E-state index in [1.54, 1.807) is 0 Å². The number of nitrogens with two attached hydrogens (primary N) is 1. The van der Waals surface area contributed by atoms with Gasteiger partial charge in [-0.2, -0.15) is 0 Å². The lowest BCUT2D eigenvalue weighted by molar-refractivity contribution is -0.121. The van der Waals surface area contributed by atoms with Crippen LogP contribution in [0.25, 0.3) is 0 Å². The minimum absolute atomic E-state index is 0.116. The molecule has 4 heteroatoms. The summed E-state index contributed by atoms with van der Waals surface area (Å²) in [6, 6.07) is 0.589. The van der Waals surface area contributed by atoms with Gasteiger partial charge in [-0.15, -0.1) is 0 Å². The van der Waals surface area contributed by atoms with Gasteiger partial charge in [0, 0.05) is 24.5 Å². The smallest absolute Gasteiger partial charge is 0.220 e. The first-order chi connectivity index (χ1) is 8.22. The standard InChI is InChI=1S/C14H31N3O/c1-12(2)17(5)11-7-6-10-16-13(18)8-9-14(3,4)15/h12H,6-11,15H2,1-5H3,(H,16,18). The van der Waals surface area contributed by atoms with E-state index < -0.39 is 0 Å². The summed E-state index contributed by atoms with van der Waals surface area (Å²) >= 11 is 0. The molecule has 0 unspecified atom stereocenters. The maximum absolute atomic E-state index is 11.5. The maximum Gasteiger partial charge on any atom is 0.220 e. The van der Waals surface area contributed by atoms with Crippen LogP contribution in [0.15, 0.2) is 0 Å². The van der Waals surface area contributed by atoms with Gasteiger partial charge in [-0.1, -0.05) is 0 Å². The lowest BCUT2D eigenvalue weighted by Crippen LogP contribution is -2.34. The van der Waals surface area contributed by atoms with E-state index in [0.29, 0.717) is 12.5 Å². The van der Waals surface area contributed by atoms with Crippen LogP contribution in [-0.2, 0) is 4.79 Å². The van der Waals surface area contributed by atoms with E-state index in [0.717, 1.165) is 32.4 Å². The normalized spacial score (nSPS) is 12.2. The SMILES string of the molecule is CC(C)N(C)CCCCNC(=O)CCC(C)(C)N. The van der Waals surface area contributed by atoms with Gasteiger partial charge in [0.05, 0.1) is 0 Å². The molecule has 4 nitrogen and oxygen atoms in total. The molecule has 0 saturated heterocycles. The number of carbonyl (C=O) groups is 1. The van der Waals surface area contributed by atoms with Gasteiger partial charge in [-0.05, 0) is 60.5 Å². The number of carbonyl (C=O) groups excluding carboxylic acids is 1. The molecule has 0 bridgehead atoms. The van der Waals surface area contributed by atoms with Gasteiger partial charge in [0.25, 0.3) is 0 Å². The molecule has 0 aliphatic heterocycles. The highest BCUT2D eigenvalue weighted by molar-refractivity contribution is 5.75. The first-order valence-electron chi connectivity index (χ1n) is 6.98. The number of amides is 1. The van der Waals surface area contributed by atoms with Crippen molar-refractivity contribution in [2.75, 3.05) is 20.1 Å². The highest BCUT2D eigenvalue weighted by atomic mass is 16.1. The monoisotopic (exact) mass is 257 g/mol. The highest BCUT2D eigenvalue weighted by Gasteiger charge is 2.12. The van der Waals surface area contributed by atoms with Gasteiger partial charge in [-0.3, -0.25) is 4.79 Å². The van der Waals surface area contributed by atoms with Gasteiger partial charge in [0.15, 0.2) is 0 Å². The van der Waals surface area contributed by atoms with Crippen LogP contribution in [0.1, 0.15) is 53.4 Å². The van der Waals surface area contributed by atoms with Crippen molar-refractivity contribution >= 4 is 5.91 Å². The minimum atomic E-state index is -0.253. The average Bonchev–Trinajstić information content (AvgIpc) is 2.24. The fraction of sp³-hybridized carbons (Fsp3) is 0.929. The molecule has 0 atom stereocenters. The molecule has 108 valence electrons. The zero-order valence-corrected chi connectivity index (χ0v) is 12.8. The van der Waals surface area contributed by atoms with Crippen LogP contribution >= 0.6 is 0 Å². The zero-order chi connectivity index (χ0) is 14.2. The van der Waals surface area contributed by atoms with Crippen LogP contribution in [0.2, 0.25) is 0 Å². The molecule has 0 aromatic rings. The van der Waals surface area contributed by atoms with Crippen molar-refractivity contribution in [1.29, 1.82) is 0 Å². The quantitative estimate of drug-likeness (QED) is 0.619. The summed E-state index contributed by atoms with van der Waals surface area (Å²) in [5.41, 5.74) is 5.58. The maximum atomic E-state index is 11.5. The molecule has 3 N–H and O–H groups in total. The van der Waals surface area contributed by atoms with Crippen LogP contribution in [0.4, 0.5) is 0 Å². The van der Waals surface area contributed by atoms with Gasteiger partial charge >= 0.3 is 0 Å². The molecule has 0 aromatic carbocycles. The number of hydrogen-bond acceptors (Lipinski definition) is 3. The van der Waals surface area contributed by atoms with Crippen molar-refractivity contribution < 1.29 is 4.79 Å². The Morgan fingerprint density at radius 1 is 1.33 bits per heavy atom. The topological polar surface area (TPSA) is 58.4 Å². The van der Waals surface area contributed by atoms with Crippen LogP contribution in [0.3, 0.4) is 0 Å². The van der Waals surface area contributed by atoms with Crippen LogP contribution in [-0.4, -0.2) is 42.5 Å². The van der Waals surface area contributed by atoms with E-state index in [2.05, 4.69) is 31.1 Å². The molecule has 0 fully saturated rings. The van der Waals surface area contributed by atoms with Gasteiger partial charge in [0.1, 0.15) is 0 Å². The fourth-order valence-corrected chi connectivity index (χ4v) is 1.50. The summed E-state index contributed by atoms with van der Waals surface area (Å²) in [5.74, 6) is 0.116. The van der Waals surface area contributed by atoms with Crippen molar-refractivity contribution in [3.05, 3.63) is 0 Å². The predicted molar refractivity (Wildman–Crippen MR) is 77.5 cm³/mol. The lowest BCUT2D eigenvalue weighted by atomic mass is 10.00. The first-order valence-corrected chi connectivity index (χ1v) is 6.98. The second kappa shape index (κ2) is 8.48. The van der Waals surface area contributed by atoms with Crippen LogP contribution < -0.4 is 11.1 Å². The Morgan fingerprint density at radius 2 is 1.94 bits per heavy atom. The van der Waals surface area contributed by atoms with Crippen LogP contribution in [0, 0.1) is 0 Å². The largest absolute Gasteiger partial charge is 0.356 e. The van der Waals surface area contributed by atoms with Crippen LogP contribution in [0.5, 0.6) is 0 Å². The molecular weight excluding hydrogens is 226 g/mol. The third kappa shape index (κ3) is 10.5. The molecule has 0 aliphatic carbocycles. The van der Waals surface area contributed by atoms with Gasteiger partial charge in [-0.25, -0.2) is 0 Å². The number of nitrogens with one attached hydrogen (secondary N) is 1. The molecule has 0 aromatic heterocycles. The van der Waals surface area contributed by atoms with E-state index in [9.17, 15) is 4.79 Å². The van der Waals surface area contributed by atoms with Gasteiger partial charge in [0.2, 0.25) is 5.91 Å². The Hall–Kier alpha value is -0.610. The Bertz CT molecular complexity index is 234. The summed E-state index contributed by atoms with van der Waals surface area (Å²) in [7, 11) is 2.13. The van der Waals surface area contributed by atoms with Crippen molar-refractivity contribution in [2.45, 2.75) is 65.0 Å². The summed E-state index contributed by atoms with van der Waals surface area (Å²) < 4.78 is 0. The van der Waals surface area contributed by atoms with E-state index in [1.165, 1.54) is 0 Å². The number of nitrogens with zero attached hydrogens (tertiary/aromatic N) is 1. The Kier molecular flexibility index (Phi) is 8.20. The van der Waals surface area contributed by atoms with Crippen molar-refractivity contribution in [1.82, 2.24) is 10.2 Å². The third-order valence-electron chi connectivity index (χ3n) is 3.14. The minimum Gasteiger partial charge on any atom is -0.356 e. The predicted octanol–water partition coefficient (Wildman–Crippen LogP) is 1.74. The second-order valence-electron chi connectivity index (χ2n) is 6.12. The van der Waals surface area contributed by atoms with E-state index in [1.807, 2.05) is 13.8 Å². The average molecular weight is 257 g/mol. The first kappa shape index (κ1) is 17.4.